The van der Waals surface area contributed by atoms with Crippen LogP contribution in [0.4, 0.5) is 0 Å². The Morgan fingerprint density at radius 2 is 2.41 bits per heavy atom. The smallest absolute Gasteiger partial charge is 0.258 e. The van der Waals surface area contributed by atoms with E-state index in [2.05, 4.69) is 4.98 Å². The molecule has 5 heteroatoms. The van der Waals surface area contributed by atoms with Crippen LogP contribution in [0, 0.1) is 5.41 Å². The highest BCUT2D eigenvalue weighted by molar-refractivity contribution is 6.11. The predicted octanol–water partition coefficient (Wildman–Crippen LogP) is 3.05. The number of rotatable bonds is 6. The van der Waals surface area contributed by atoms with Crippen LogP contribution in [0.1, 0.15) is 44.1 Å². The average molecular weight is 301 g/mol. The van der Waals surface area contributed by atoms with Crippen molar-refractivity contribution < 1.29 is 9.90 Å². The first kappa shape index (κ1) is 16.2. The number of unbranched alkanes of at least 4 members (excludes halogenated alkanes) is 1. The third-order valence-electron chi connectivity index (χ3n) is 4.08. The second kappa shape index (κ2) is 7.73. The van der Waals surface area contributed by atoms with Crippen molar-refractivity contribution in [3.63, 3.8) is 0 Å². The van der Waals surface area contributed by atoms with E-state index in [1.54, 1.807) is 11.1 Å². The zero-order chi connectivity index (χ0) is 15.9. The van der Waals surface area contributed by atoms with Gasteiger partial charge in [0.05, 0.1) is 5.57 Å². The van der Waals surface area contributed by atoms with Crippen molar-refractivity contribution in [2.45, 2.75) is 38.5 Å². The Morgan fingerprint density at radius 1 is 1.59 bits per heavy atom. The van der Waals surface area contributed by atoms with Crippen LogP contribution in [-0.2, 0) is 4.79 Å². The quantitative estimate of drug-likeness (QED) is 0.481. The van der Waals surface area contributed by atoms with Gasteiger partial charge in [-0.25, -0.2) is 0 Å². The molecule has 1 fully saturated rings. The summed E-state index contributed by atoms with van der Waals surface area (Å²) in [7, 11) is 0. The summed E-state index contributed by atoms with van der Waals surface area (Å²) in [6.07, 6.45) is 7.65. The molecule has 2 rings (SSSR count). The first-order valence-corrected chi connectivity index (χ1v) is 7.79. The Hall–Kier alpha value is -2.17. The number of hydrogen-bond acceptors (Lipinski definition) is 4. The van der Waals surface area contributed by atoms with Crippen LogP contribution in [0.2, 0.25) is 0 Å². The Morgan fingerprint density at radius 3 is 3.05 bits per heavy atom. The van der Waals surface area contributed by atoms with Crippen LogP contribution in [-0.4, -0.2) is 40.2 Å². The van der Waals surface area contributed by atoms with Gasteiger partial charge in [0, 0.05) is 44.0 Å². The molecule has 118 valence electrons. The lowest BCUT2D eigenvalue weighted by Crippen LogP contribution is -2.31. The number of allylic oxidation sites excluding steroid dienone is 1. The normalized spacial score (nSPS) is 19.0. The Balaban J connectivity index is 2.05. The maximum absolute atomic E-state index is 12.5. The molecule has 1 unspecified atom stereocenters. The molecular formula is C17H23N3O2. The molecule has 0 aliphatic carbocycles. The largest absolute Gasteiger partial charge is 0.511 e. The second-order valence-corrected chi connectivity index (χ2v) is 5.63. The van der Waals surface area contributed by atoms with Crippen LogP contribution in [0.3, 0.4) is 0 Å². The molecule has 1 aliphatic rings. The SMILES string of the molecule is CCCC/C(O)=C(/C=N)C(=O)N1CCC(c2cccnc2)C1. The summed E-state index contributed by atoms with van der Waals surface area (Å²) in [5.74, 6) is 0.0732. The number of likely N-dealkylation sites (tertiary alicyclic amines) is 1. The third-order valence-corrected chi connectivity index (χ3v) is 4.08. The summed E-state index contributed by atoms with van der Waals surface area (Å²) in [5, 5.41) is 17.5. The van der Waals surface area contributed by atoms with Gasteiger partial charge in [-0.3, -0.25) is 9.78 Å². The number of amides is 1. The van der Waals surface area contributed by atoms with Crippen molar-refractivity contribution in [1.82, 2.24) is 9.88 Å². The first-order valence-electron chi connectivity index (χ1n) is 7.79. The summed E-state index contributed by atoms with van der Waals surface area (Å²) in [6.45, 7) is 3.29. The van der Waals surface area contributed by atoms with Crippen molar-refractivity contribution in [3.05, 3.63) is 41.4 Å². The number of aliphatic hydroxyl groups is 1. The van der Waals surface area contributed by atoms with Crippen LogP contribution in [0.25, 0.3) is 0 Å². The van der Waals surface area contributed by atoms with Crippen molar-refractivity contribution in [2.75, 3.05) is 13.1 Å². The first-order chi connectivity index (χ1) is 10.7. The van der Waals surface area contributed by atoms with Crippen LogP contribution in [0.15, 0.2) is 35.9 Å². The van der Waals surface area contributed by atoms with E-state index in [0.29, 0.717) is 19.5 Å². The molecule has 1 aromatic heterocycles. The Bertz CT molecular complexity index is 554. The highest BCUT2D eigenvalue weighted by Crippen LogP contribution is 2.27. The maximum Gasteiger partial charge on any atom is 0.258 e. The molecular weight excluding hydrogens is 278 g/mol. The minimum Gasteiger partial charge on any atom is -0.511 e. The fourth-order valence-electron chi connectivity index (χ4n) is 2.75. The number of nitrogens with zero attached hydrogens (tertiary/aromatic N) is 2. The van der Waals surface area contributed by atoms with Gasteiger partial charge in [-0.1, -0.05) is 19.4 Å². The van der Waals surface area contributed by atoms with E-state index in [9.17, 15) is 9.90 Å². The van der Waals surface area contributed by atoms with Crippen molar-refractivity contribution in [1.29, 1.82) is 5.41 Å². The molecule has 2 N–H and O–H groups in total. The fourth-order valence-corrected chi connectivity index (χ4v) is 2.75. The Kier molecular flexibility index (Phi) is 5.69. The monoisotopic (exact) mass is 301 g/mol. The van der Waals surface area contributed by atoms with Gasteiger partial charge in [-0.15, -0.1) is 0 Å². The molecule has 0 aromatic carbocycles. The average Bonchev–Trinajstić information content (AvgIpc) is 3.04. The van der Waals surface area contributed by atoms with Gasteiger partial charge in [0.2, 0.25) is 0 Å². The zero-order valence-corrected chi connectivity index (χ0v) is 13.0. The lowest BCUT2D eigenvalue weighted by Gasteiger charge is -2.18. The highest BCUT2D eigenvalue weighted by Gasteiger charge is 2.29. The van der Waals surface area contributed by atoms with E-state index in [1.807, 2.05) is 25.3 Å². The number of carbonyl (C=O) groups excluding carboxylic acids is 1. The zero-order valence-electron chi connectivity index (χ0n) is 13.0. The number of carbonyl (C=O) groups is 1. The van der Waals surface area contributed by atoms with Crippen molar-refractivity contribution in [3.8, 4) is 0 Å². The van der Waals surface area contributed by atoms with Crippen molar-refractivity contribution in [2.24, 2.45) is 0 Å². The molecule has 2 heterocycles. The molecule has 22 heavy (non-hydrogen) atoms. The minimum atomic E-state index is -0.241. The minimum absolute atomic E-state index is 0.0340. The van der Waals surface area contributed by atoms with E-state index in [0.717, 1.165) is 31.0 Å². The molecule has 0 radical (unpaired) electrons. The molecule has 1 aliphatic heterocycles. The topological polar surface area (TPSA) is 77.3 Å². The number of aromatic nitrogens is 1. The molecule has 0 spiro atoms. The highest BCUT2D eigenvalue weighted by atomic mass is 16.3. The number of pyridine rings is 1. The summed E-state index contributed by atoms with van der Waals surface area (Å²) in [5.41, 5.74) is 1.26. The molecule has 1 saturated heterocycles. The fraction of sp³-hybridized carbons (Fsp3) is 0.471. The summed E-state index contributed by atoms with van der Waals surface area (Å²) in [6, 6.07) is 3.93. The van der Waals surface area contributed by atoms with E-state index < -0.39 is 0 Å². The lowest BCUT2D eigenvalue weighted by molar-refractivity contribution is -0.125. The van der Waals surface area contributed by atoms with E-state index in [4.69, 9.17) is 5.41 Å². The van der Waals surface area contributed by atoms with Gasteiger partial charge in [0.1, 0.15) is 5.76 Å². The van der Waals surface area contributed by atoms with E-state index >= 15 is 0 Å². The predicted molar refractivity (Wildman–Crippen MR) is 86.1 cm³/mol. The van der Waals surface area contributed by atoms with E-state index in [-0.39, 0.29) is 23.2 Å². The van der Waals surface area contributed by atoms with Crippen LogP contribution < -0.4 is 0 Å². The Labute approximate surface area is 131 Å². The van der Waals surface area contributed by atoms with Gasteiger partial charge in [0.15, 0.2) is 0 Å². The summed E-state index contributed by atoms with van der Waals surface area (Å²) in [4.78, 5) is 18.3. The van der Waals surface area contributed by atoms with E-state index in [1.165, 1.54) is 0 Å². The third kappa shape index (κ3) is 3.72. The number of nitrogens with one attached hydrogen (secondary N) is 1. The second-order valence-electron chi connectivity index (χ2n) is 5.63. The number of hydrogen-bond donors (Lipinski definition) is 2. The standard InChI is InChI=1S/C17H23N3O2/c1-2-3-6-16(21)15(10-18)17(22)20-9-7-14(12-20)13-5-4-8-19-11-13/h4-5,8,10-11,14,18,21H,2-3,6-7,9,12H2,1H3/b16-15+,18-10?. The van der Waals surface area contributed by atoms with Gasteiger partial charge >= 0.3 is 0 Å². The summed E-state index contributed by atoms with van der Waals surface area (Å²) < 4.78 is 0. The molecule has 0 bridgehead atoms. The van der Waals surface area contributed by atoms with Gasteiger partial charge < -0.3 is 15.4 Å². The molecule has 0 saturated carbocycles. The van der Waals surface area contributed by atoms with Crippen LogP contribution >= 0.6 is 0 Å². The summed E-state index contributed by atoms with van der Waals surface area (Å²) >= 11 is 0. The molecule has 1 aromatic rings. The molecule has 5 nitrogen and oxygen atoms in total. The lowest BCUT2D eigenvalue weighted by atomic mass is 10.0. The number of aliphatic hydroxyl groups excluding tert-OH is 1. The van der Waals surface area contributed by atoms with Crippen LogP contribution in [0.5, 0.6) is 0 Å². The maximum atomic E-state index is 12.5. The van der Waals surface area contributed by atoms with Crippen molar-refractivity contribution >= 4 is 12.1 Å². The molecule has 1 atom stereocenters. The molecule has 1 amide bonds. The van der Waals surface area contributed by atoms with Gasteiger partial charge in [-0.05, 0) is 24.5 Å². The van der Waals surface area contributed by atoms with Gasteiger partial charge in [0.25, 0.3) is 5.91 Å². The van der Waals surface area contributed by atoms with Gasteiger partial charge in [-0.2, -0.15) is 0 Å².